The van der Waals surface area contributed by atoms with Gasteiger partial charge in [-0.05, 0) is 39.3 Å². The quantitative estimate of drug-likeness (QED) is 0.753. The molecule has 0 aliphatic rings. The molecule has 0 aliphatic heterocycles. The van der Waals surface area contributed by atoms with Gasteiger partial charge >= 0.3 is 5.97 Å². The van der Waals surface area contributed by atoms with E-state index < -0.39 is 0 Å². The van der Waals surface area contributed by atoms with Gasteiger partial charge in [0.1, 0.15) is 0 Å². The Bertz CT molecular complexity index is 377. The lowest BCUT2D eigenvalue weighted by Crippen LogP contribution is -2.20. The highest BCUT2D eigenvalue weighted by Gasteiger charge is 2.15. The summed E-state index contributed by atoms with van der Waals surface area (Å²) >= 11 is 0. The van der Waals surface area contributed by atoms with Crippen molar-refractivity contribution in [3.8, 4) is 0 Å². The summed E-state index contributed by atoms with van der Waals surface area (Å²) in [5.41, 5.74) is 1.22. The predicted molar refractivity (Wildman–Crippen MR) is 66.9 cm³/mol. The maximum atomic E-state index is 11.7. The van der Waals surface area contributed by atoms with Gasteiger partial charge in [0.25, 0.3) is 0 Å². The van der Waals surface area contributed by atoms with E-state index in [2.05, 4.69) is 0 Å². The van der Waals surface area contributed by atoms with Crippen LogP contribution in [0.5, 0.6) is 0 Å². The van der Waals surface area contributed by atoms with Crippen LogP contribution in [0.3, 0.4) is 0 Å². The van der Waals surface area contributed by atoms with Crippen LogP contribution in [-0.2, 0) is 16.1 Å². The molecule has 94 valence electrons. The molecule has 0 spiro atoms. The van der Waals surface area contributed by atoms with Crippen LogP contribution < -0.4 is 0 Å². The summed E-state index contributed by atoms with van der Waals surface area (Å²) in [7, 11) is 0. The number of carbonyl (C=O) groups excluding carboxylic acids is 1. The Morgan fingerprint density at radius 1 is 1.24 bits per heavy atom. The van der Waals surface area contributed by atoms with Gasteiger partial charge in [-0.1, -0.05) is 18.2 Å². The molecule has 0 fully saturated rings. The van der Waals surface area contributed by atoms with Crippen LogP contribution in [0.15, 0.2) is 24.3 Å². The zero-order chi connectivity index (χ0) is 12.9. The second-order valence-corrected chi connectivity index (χ2v) is 4.78. The average molecular weight is 236 g/mol. The highest BCUT2D eigenvalue weighted by Crippen LogP contribution is 2.16. The third kappa shape index (κ3) is 4.57. The molecule has 17 heavy (non-hydrogen) atoms. The highest BCUT2D eigenvalue weighted by molar-refractivity contribution is 5.91. The van der Waals surface area contributed by atoms with E-state index in [1.165, 1.54) is 0 Å². The molecule has 0 saturated heterocycles. The molecule has 0 amide bonds. The van der Waals surface area contributed by atoms with Gasteiger partial charge in [-0.25, -0.2) is 4.79 Å². The molecule has 0 N–H and O–H groups in total. The van der Waals surface area contributed by atoms with Crippen molar-refractivity contribution in [1.29, 1.82) is 0 Å². The number of rotatable bonds is 4. The van der Waals surface area contributed by atoms with E-state index >= 15 is 0 Å². The lowest BCUT2D eigenvalue weighted by molar-refractivity contribution is -0.0155. The molecule has 3 nitrogen and oxygen atoms in total. The molecule has 0 radical (unpaired) electrons. The van der Waals surface area contributed by atoms with Crippen molar-refractivity contribution in [1.82, 2.24) is 0 Å². The Balaban J connectivity index is 2.81. The van der Waals surface area contributed by atoms with Gasteiger partial charge < -0.3 is 9.47 Å². The van der Waals surface area contributed by atoms with Gasteiger partial charge in [-0.15, -0.1) is 0 Å². The minimum atomic E-state index is -0.291. The van der Waals surface area contributed by atoms with Crippen molar-refractivity contribution in [3.63, 3.8) is 0 Å². The van der Waals surface area contributed by atoms with Crippen LogP contribution in [0.1, 0.15) is 43.6 Å². The standard InChI is InChI=1S/C14H20O3/c1-5-16-13(15)12-9-7-6-8-11(12)10-17-14(2,3)4/h6-9H,5,10H2,1-4H3. The summed E-state index contributed by atoms with van der Waals surface area (Å²) in [5, 5.41) is 0. The minimum Gasteiger partial charge on any atom is -0.462 e. The van der Waals surface area contributed by atoms with E-state index in [-0.39, 0.29) is 11.6 Å². The summed E-state index contributed by atoms with van der Waals surface area (Å²) in [6.07, 6.45) is 0. The van der Waals surface area contributed by atoms with E-state index in [4.69, 9.17) is 9.47 Å². The van der Waals surface area contributed by atoms with Crippen LogP contribution >= 0.6 is 0 Å². The van der Waals surface area contributed by atoms with Crippen LogP contribution in [0.25, 0.3) is 0 Å². The molecule has 0 saturated carbocycles. The first kappa shape index (κ1) is 13.7. The molecule has 0 heterocycles. The predicted octanol–water partition coefficient (Wildman–Crippen LogP) is 3.18. The molecule has 1 rings (SSSR count). The molecule has 0 bridgehead atoms. The van der Waals surface area contributed by atoms with Crippen LogP contribution in [0, 0.1) is 0 Å². The maximum absolute atomic E-state index is 11.7. The fourth-order valence-electron chi connectivity index (χ4n) is 1.35. The van der Waals surface area contributed by atoms with Gasteiger partial charge in [0.15, 0.2) is 0 Å². The zero-order valence-electron chi connectivity index (χ0n) is 10.9. The second kappa shape index (κ2) is 5.82. The SMILES string of the molecule is CCOC(=O)c1ccccc1COC(C)(C)C. The monoisotopic (exact) mass is 236 g/mol. The van der Waals surface area contributed by atoms with Gasteiger partial charge in [0, 0.05) is 0 Å². The lowest BCUT2D eigenvalue weighted by Gasteiger charge is -2.20. The molecule has 0 aromatic heterocycles. The first-order valence-electron chi connectivity index (χ1n) is 5.83. The van der Waals surface area contributed by atoms with E-state index in [0.717, 1.165) is 5.56 Å². The normalized spacial score (nSPS) is 11.3. The number of hydrogen-bond acceptors (Lipinski definition) is 3. The Morgan fingerprint density at radius 3 is 2.47 bits per heavy atom. The topological polar surface area (TPSA) is 35.5 Å². The van der Waals surface area contributed by atoms with Gasteiger partial charge in [0.2, 0.25) is 0 Å². The number of benzene rings is 1. The van der Waals surface area contributed by atoms with Gasteiger partial charge in [-0.2, -0.15) is 0 Å². The first-order chi connectivity index (χ1) is 7.94. The van der Waals surface area contributed by atoms with E-state index in [1.54, 1.807) is 13.0 Å². The van der Waals surface area contributed by atoms with E-state index in [0.29, 0.717) is 18.8 Å². The highest BCUT2D eigenvalue weighted by atomic mass is 16.5. The van der Waals surface area contributed by atoms with Crippen molar-refractivity contribution in [2.45, 2.75) is 39.9 Å². The zero-order valence-corrected chi connectivity index (χ0v) is 10.9. The van der Waals surface area contributed by atoms with Crippen LogP contribution in [0.4, 0.5) is 0 Å². The lowest BCUT2D eigenvalue weighted by atomic mass is 10.1. The fourth-order valence-corrected chi connectivity index (χ4v) is 1.35. The summed E-state index contributed by atoms with van der Waals surface area (Å²) in [4.78, 5) is 11.7. The van der Waals surface area contributed by atoms with E-state index in [1.807, 2.05) is 39.0 Å². The number of ether oxygens (including phenoxy) is 2. The molecule has 1 aromatic carbocycles. The van der Waals surface area contributed by atoms with Gasteiger partial charge in [-0.3, -0.25) is 0 Å². The Labute approximate surface area is 103 Å². The molecule has 0 unspecified atom stereocenters. The molecule has 0 aliphatic carbocycles. The van der Waals surface area contributed by atoms with Crippen molar-refractivity contribution in [2.24, 2.45) is 0 Å². The molecule has 0 atom stereocenters. The minimum absolute atomic E-state index is 0.220. The number of hydrogen-bond donors (Lipinski definition) is 0. The van der Waals surface area contributed by atoms with Crippen LogP contribution in [0.2, 0.25) is 0 Å². The largest absolute Gasteiger partial charge is 0.462 e. The van der Waals surface area contributed by atoms with Gasteiger partial charge in [0.05, 0.1) is 24.4 Å². The van der Waals surface area contributed by atoms with Crippen LogP contribution in [-0.4, -0.2) is 18.2 Å². The second-order valence-electron chi connectivity index (χ2n) is 4.78. The third-order valence-electron chi connectivity index (χ3n) is 2.17. The summed E-state index contributed by atoms with van der Waals surface area (Å²) in [6.45, 7) is 8.55. The average Bonchev–Trinajstić information content (AvgIpc) is 2.26. The fraction of sp³-hybridized carbons (Fsp3) is 0.500. The summed E-state index contributed by atoms with van der Waals surface area (Å²) < 4.78 is 10.7. The van der Waals surface area contributed by atoms with Crippen molar-refractivity contribution < 1.29 is 14.3 Å². The number of carbonyl (C=O) groups is 1. The Kier molecular flexibility index (Phi) is 4.70. The Hall–Kier alpha value is -1.35. The van der Waals surface area contributed by atoms with Crippen molar-refractivity contribution >= 4 is 5.97 Å². The summed E-state index contributed by atoms with van der Waals surface area (Å²) in [5.74, 6) is -0.291. The Morgan fingerprint density at radius 2 is 1.88 bits per heavy atom. The molecule has 3 heteroatoms. The maximum Gasteiger partial charge on any atom is 0.338 e. The molecule has 1 aromatic rings. The van der Waals surface area contributed by atoms with Crippen molar-refractivity contribution in [2.75, 3.05) is 6.61 Å². The van der Waals surface area contributed by atoms with E-state index in [9.17, 15) is 4.79 Å². The van der Waals surface area contributed by atoms with Crippen molar-refractivity contribution in [3.05, 3.63) is 35.4 Å². The smallest absolute Gasteiger partial charge is 0.338 e. The number of esters is 1. The third-order valence-corrected chi connectivity index (χ3v) is 2.17. The first-order valence-corrected chi connectivity index (χ1v) is 5.83. The molecular formula is C14H20O3. The molecular weight excluding hydrogens is 216 g/mol. The summed E-state index contributed by atoms with van der Waals surface area (Å²) in [6, 6.07) is 7.37.